The molecule has 1 aliphatic heterocycles. The maximum absolute atomic E-state index is 11.2. The second-order valence-electron chi connectivity index (χ2n) is 6.60. The fourth-order valence-corrected chi connectivity index (χ4v) is 3.19. The highest BCUT2D eigenvalue weighted by atomic mass is 16.5. The molecule has 0 unspecified atom stereocenters. The summed E-state index contributed by atoms with van der Waals surface area (Å²) >= 11 is 0. The molecule has 1 amide bonds. The van der Waals surface area contributed by atoms with Gasteiger partial charge in [0.15, 0.2) is 0 Å². The highest BCUT2D eigenvalue weighted by Crippen LogP contribution is 2.24. The number of anilines is 2. The van der Waals surface area contributed by atoms with Gasteiger partial charge in [0.05, 0.1) is 12.6 Å². The van der Waals surface area contributed by atoms with Crippen LogP contribution in [-0.2, 0) is 4.79 Å². The number of benzene rings is 1. The van der Waals surface area contributed by atoms with E-state index >= 15 is 0 Å². The monoisotopic (exact) mass is 354 g/mol. The van der Waals surface area contributed by atoms with Crippen LogP contribution >= 0.6 is 0 Å². The second-order valence-corrected chi connectivity index (χ2v) is 6.60. The first-order valence-electron chi connectivity index (χ1n) is 8.98. The van der Waals surface area contributed by atoms with Gasteiger partial charge in [-0.25, -0.2) is 4.98 Å². The van der Waals surface area contributed by atoms with E-state index in [9.17, 15) is 4.79 Å². The Bertz CT molecular complexity index is 748. The Hall–Kier alpha value is -2.76. The van der Waals surface area contributed by atoms with E-state index in [1.807, 2.05) is 56.4 Å². The number of carbonyl (C=O) groups excluding carboxylic acids is 1. The lowest BCUT2D eigenvalue weighted by Crippen LogP contribution is -2.25. The molecule has 138 valence electrons. The first kappa shape index (κ1) is 18.0. The fourth-order valence-electron chi connectivity index (χ4n) is 3.19. The number of carbonyl (C=O) groups is 1. The van der Waals surface area contributed by atoms with Gasteiger partial charge in [-0.2, -0.15) is 0 Å². The van der Waals surface area contributed by atoms with Crippen LogP contribution in [-0.4, -0.2) is 37.1 Å². The number of aromatic nitrogens is 1. The summed E-state index contributed by atoms with van der Waals surface area (Å²) in [5.41, 5.74) is 1.06. The third-order valence-electron chi connectivity index (χ3n) is 4.56. The molecule has 2 N–H and O–H groups in total. The van der Waals surface area contributed by atoms with Crippen molar-refractivity contribution < 1.29 is 9.53 Å². The predicted octanol–water partition coefficient (Wildman–Crippen LogP) is 2.98. The molecule has 26 heavy (non-hydrogen) atoms. The lowest BCUT2D eigenvalue weighted by Gasteiger charge is -2.19. The van der Waals surface area contributed by atoms with Gasteiger partial charge in [0.25, 0.3) is 0 Å². The fraction of sp³-hybridized carbons (Fsp3) is 0.400. The van der Waals surface area contributed by atoms with Crippen molar-refractivity contribution in [2.75, 3.05) is 30.4 Å². The first-order valence-corrected chi connectivity index (χ1v) is 8.98. The van der Waals surface area contributed by atoms with Crippen molar-refractivity contribution in [3.63, 3.8) is 0 Å². The van der Waals surface area contributed by atoms with Crippen molar-refractivity contribution in [2.24, 2.45) is 0 Å². The molecule has 0 bridgehead atoms. The zero-order valence-corrected chi connectivity index (χ0v) is 15.5. The van der Waals surface area contributed by atoms with E-state index < -0.39 is 0 Å². The van der Waals surface area contributed by atoms with Gasteiger partial charge in [0.1, 0.15) is 23.5 Å². The van der Waals surface area contributed by atoms with Crippen molar-refractivity contribution in [3.8, 4) is 5.75 Å². The number of pyridine rings is 1. The van der Waals surface area contributed by atoms with E-state index in [0.29, 0.717) is 0 Å². The minimum atomic E-state index is -0.0279. The number of rotatable bonds is 6. The van der Waals surface area contributed by atoms with E-state index in [0.717, 1.165) is 42.5 Å². The van der Waals surface area contributed by atoms with Crippen LogP contribution in [0.15, 0.2) is 42.5 Å². The highest BCUT2D eigenvalue weighted by Gasteiger charge is 2.25. The van der Waals surface area contributed by atoms with E-state index in [4.69, 9.17) is 4.74 Å². The topological polar surface area (TPSA) is 66.5 Å². The van der Waals surface area contributed by atoms with E-state index in [2.05, 4.69) is 20.5 Å². The van der Waals surface area contributed by atoms with Gasteiger partial charge in [-0.3, -0.25) is 4.79 Å². The quantitative estimate of drug-likeness (QED) is 0.835. The number of hydrogen-bond donors (Lipinski definition) is 2. The number of ether oxygens (including phenoxy) is 1. The van der Waals surface area contributed by atoms with Gasteiger partial charge in [0, 0.05) is 26.9 Å². The van der Waals surface area contributed by atoms with Crippen molar-refractivity contribution in [1.29, 1.82) is 0 Å². The molecule has 2 heterocycles. The summed E-state index contributed by atoms with van der Waals surface area (Å²) < 4.78 is 6.13. The standard InChI is InChI=1S/C20H26N4O2/c1-14(22-15(2)25)16-7-9-17(10-8-16)26-18-11-12-24(13-18)20-6-4-5-19(21-3)23-20/h4-10,14,18H,11-13H2,1-3H3,(H,21,23)(H,22,25)/t14-,18+/m0/s1. The normalized spacial score (nSPS) is 17.7. The largest absolute Gasteiger partial charge is 0.489 e. The average molecular weight is 354 g/mol. The molecule has 0 saturated carbocycles. The third kappa shape index (κ3) is 4.45. The van der Waals surface area contributed by atoms with Crippen LogP contribution in [0.4, 0.5) is 11.6 Å². The van der Waals surface area contributed by atoms with Crippen molar-refractivity contribution in [3.05, 3.63) is 48.0 Å². The van der Waals surface area contributed by atoms with Gasteiger partial charge in [-0.05, 0) is 36.8 Å². The molecule has 1 fully saturated rings. The maximum Gasteiger partial charge on any atom is 0.217 e. The first-order chi connectivity index (χ1) is 12.5. The zero-order chi connectivity index (χ0) is 18.5. The number of amides is 1. The average Bonchev–Trinajstić information content (AvgIpc) is 3.10. The van der Waals surface area contributed by atoms with Gasteiger partial charge in [-0.1, -0.05) is 18.2 Å². The second kappa shape index (κ2) is 8.08. The molecule has 3 rings (SSSR count). The number of hydrogen-bond acceptors (Lipinski definition) is 5. The Morgan fingerprint density at radius 1 is 1.27 bits per heavy atom. The van der Waals surface area contributed by atoms with E-state index in [-0.39, 0.29) is 18.1 Å². The molecule has 0 radical (unpaired) electrons. The van der Waals surface area contributed by atoms with Crippen LogP contribution in [0.2, 0.25) is 0 Å². The minimum absolute atomic E-state index is 0.00551. The van der Waals surface area contributed by atoms with Gasteiger partial charge in [0.2, 0.25) is 5.91 Å². The van der Waals surface area contributed by atoms with Crippen molar-refractivity contribution in [2.45, 2.75) is 32.4 Å². The lowest BCUT2D eigenvalue weighted by molar-refractivity contribution is -0.119. The van der Waals surface area contributed by atoms with Crippen molar-refractivity contribution in [1.82, 2.24) is 10.3 Å². The molecule has 1 aromatic heterocycles. The molecule has 1 aromatic carbocycles. The van der Waals surface area contributed by atoms with Crippen LogP contribution in [0, 0.1) is 0 Å². The molecule has 6 heteroatoms. The Labute approximate surface area is 154 Å². The number of nitrogens with one attached hydrogen (secondary N) is 2. The molecule has 6 nitrogen and oxygen atoms in total. The van der Waals surface area contributed by atoms with Gasteiger partial charge < -0.3 is 20.3 Å². The predicted molar refractivity (Wildman–Crippen MR) is 104 cm³/mol. The summed E-state index contributed by atoms with van der Waals surface area (Å²) in [5, 5.41) is 5.96. The third-order valence-corrected chi connectivity index (χ3v) is 4.56. The molecular formula is C20H26N4O2. The van der Waals surface area contributed by atoms with Crippen LogP contribution in [0.5, 0.6) is 5.75 Å². The summed E-state index contributed by atoms with van der Waals surface area (Å²) in [5.74, 6) is 2.67. The minimum Gasteiger partial charge on any atom is -0.489 e. The highest BCUT2D eigenvalue weighted by molar-refractivity contribution is 5.73. The summed E-state index contributed by atoms with van der Waals surface area (Å²) in [6.45, 7) is 5.26. The van der Waals surface area contributed by atoms with Crippen LogP contribution < -0.4 is 20.3 Å². The molecule has 1 saturated heterocycles. The number of nitrogens with zero attached hydrogens (tertiary/aromatic N) is 2. The van der Waals surface area contributed by atoms with Crippen LogP contribution in [0.3, 0.4) is 0 Å². The Morgan fingerprint density at radius 2 is 2.04 bits per heavy atom. The van der Waals surface area contributed by atoms with Gasteiger partial charge in [-0.15, -0.1) is 0 Å². The molecule has 0 aliphatic carbocycles. The van der Waals surface area contributed by atoms with Gasteiger partial charge >= 0.3 is 0 Å². The summed E-state index contributed by atoms with van der Waals surface area (Å²) in [6, 6.07) is 13.9. The lowest BCUT2D eigenvalue weighted by atomic mass is 10.1. The maximum atomic E-state index is 11.2. The summed E-state index contributed by atoms with van der Waals surface area (Å²) in [7, 11) is 1.87. The molecular weight excluding hydrogens is 328 g/mol. The van der Waals surface area contributed by atoms with Crippen LogP contribution in [0.25, 0.3) is 0 Å². The van der Waals surface area contributed by atoms with E-state index in [1.54, 1.807) is 0 Å². The molecule has 1 aliphatic rings. The van der Waals surface area contributed by atoms with Crippen LogP contribution in [0.1, 0.15) is 31.9 Å². The Morgan fingerprint density at radius 3 is 2.73 bits per heavy atom. The Kier molecular flexibility index (Phi) is 5.61. The van der Waals surface area contributed by atoms with E-state index in [1.165, 1.54) is 6.92 Å². The van der Waals surface area contributed by atoms with Crippen molar-refractivity contribution >= 4 is 17.5 Å². The summed E-state index contributed by atoms with van der Waals surface area (Å²) in [6.07, 6.45) is 1.11. The zero-order valence-electron chi connectivity index (χ0n) is 15.5. The summed E-state index contributed by atoms with van der Waals surface area (Å²) in [4.78, 5) is 18.0. The molecule has 0 spiro atoms. The Balaban J connectivity index is 1.57. The SMILES string of the molecule is CNc1cccc(N2CC[C@@H](Oc3ccc([C@H](C)NC(C)=O)cc3)C2)n1. The smallest absolute Gasteiger partial charge is 0.217 e. The molecule has 2 aromatic rings. The molecule has 2 atom stereocenters.